The van der Waals surface area contributed by atoms with Crippen molar-refractivity contribution in [3.05, 3.63) is 0 Å². The van der Waals surface area contributed by atoms with Crippen LogP contribution in [0.15, 0.2) is 4.99 Å². The number of rotatable bonds is 2. The summed E-state index contributed by atoms with van der Waals surface area (Å²) in [5, 5.41) is 3.16. The molecule has 0 aliphatic heterocycles. The molecular formula is C10H21N3. The van der Waals surface area contributed by atoms with Gasteiger partial charge >= 0.3 is 0 Å². The first kappa shape index (κ1) is 10.4. The Morgan fingerprint density at radius 1 is 1.62 bits per heavy atom. The Balaban J connectivity index is 2.37. The number of nitrogens with one attached hydrogen (secondary N) is 1. The highest BCUT2D eigenvalue weighted by atomic mass is 15.1. The predicted molar refractivity (Wildman–Crippen MR) is 56.7 cm³/mol. The smallest absolute Gasteiger partial charge is 0.188 e. The van der Waals surface area contributed by atoms with E-state index >= 15 is 0 Å². The first-order valence-corrected chi connectivity index (χ1v) is 5.02. The van der Waals surface area contributed by atoms with Crippen LogP contribution < -0.4 is 11.1 Å². The summed E-state index contributed by atoms with van der Waals surface area (Å²) < 4.78 is 0. The quantitative estimate of drug-likeness (QED) is 0.501. The lowest BCUT2D eigenvalue weighted by molar-refractivity contribution is 0.260. The number of hydrogen-bond donors (Lipinski definition) is 2. The Kier molecular flexibility index (Phi) is 3.17. The maximum absolute atomic E-state index is 5.58. The van der Waals surface area contributed by atoms with Crippen LogP contribution in [0.2, 0.25) is 0 Å². The van der Waals surface area contributed by atoms with Crippen molar-refractivity contribution in [3.63, 3.8) is 0 Å². The second kappa shape index (κ2) is 3.99. The normalized spacial score (nSPS) is 27.6. The maximum atomic E-state index is 5.58. The molecule has 0 amide bonds. The second-order valence-corrected chi connectivity index (χ2v) is 4.57. The summed E-state index contributed by atoms with van der Waals surface area (Å²) in [6.45, 7) is 5.65. The SMILES string of the molecule is CN=C(N)NCC1CCCC1(C)C. The van der Waals surface area contributed by atoms with E-state index in [1.807, 2.05) is 0 Å². The van der Waals surface area contributed by atoms with Crippen LogP contribution in [0, 0.1) is 11.3 Å². The largest absolute Gasteiger partial charge is 0.370 e. The van der Waals surface area contributed by atoms with Gasteiger partial charge in [-0.15, -0.1) is 0 Å². The number of guanidine groups is 1. The first-order valence-electron chi connectivity index (χ1n) is 5.02. The minimum atomic E-state index is 0.473. The summed E-state index contributed by atoms with van der Waals surface area (Å²) in [5.74, 6) is 1.30. The van der Waals surface area contributed by atoms with Crippen LogP contribution in [-0.4, -0.2) is 19.6 Å². The second-order valence-electron chi connectivity index (χ2n) is 4.57. The molecule has 3 heteroatoms. The summed E-state index contributed by atoms with van der Waals surface area (Å²) in [6.07, 6.45) is 4.00. The molecule has 0 saturated heterocycles. The zero-order chi connectivity index (χ0) is 9.90. The highest BCUT2D eigenvalue weighted by molar-refractivity contribution is 5.77. The number of aliphatic imine (C=N–C) groups is 1. The van der Waals surface area contributed by atoms with Gasteiger partial charge in [-0.05, 0) is 24.2 Å². The van der Waals surface area contributed by atoms with Crippen molar-refractivity contribution in [1.82, 2.24) is 5.32 Å². The molecule has 0 spiro atoms. The van der Waals surface area contributed by atoms with Crippen LogP contribution in [0.5, 0.6) is 0 Å². The van der Waals surface area contributed by atoms with Crippen molar-refractivity contribution in [1.29, 1.82) is 0 Å². The van der Waals surface area contributed by atoms with Crippen molar-refractivity contribution < 1.29 is 0 Å². The molecule has 0 radical (unpaired) electrons. The van der Waals surface area contributed by atoms with Crippen molar-refractivity contribution in [2.75, 3.05) is 13.6 Å². The van der Waals surface area contributed by atoms with Crippen molar-refractivity contribution in [2.45, 2.75) is 33.1 Å². The van der Waals surface area contributed by atoms with Crippen molar-refractivity contribution in [3.8, 4) is 0 Å². The molecule has 1 unspecified atom stereocenters. The Hall–Kier alpha value is -0.730. The van der Waals surface area contributed by atoms with E-state index in [2.05, 4.69) is 24.2 Å². The Morgan fingerprint density at radius 3 is 2.77 bits per heavy atom. The molecule has 1 aliphatic carbocycles. The molecule has 3 N–H and O–H groups in total. The molecule has 1 rings (SSSR count). The molecular weight excluding hydrogens is 162 g/mol. The van der Waals surface area contributed by atoms with E-state index in [4.69, 9.17) is 5.73 Å². The van der Waals surface area contributed by atoms with Crippen LogP contribution in [0.3, 0.4) is 0 Å². The van der Waals surface area contributed by atoms with E-state index in [1.165, 1.54) is 19.3 Å². The van der Waals surface area contributed by atoms with Gasteiger partial charge in [-0.3, -0.25) is 4.99 Å². The van der Waals surface area contributed by atoms with E-state index in [0.717, 1.165) is 12.5 Å². The summed E-state index contributed by atoms with van der Waals surface area (Å²) in [5.41, 5.74) is 6.05. The van der Waals surface area contributed by atoms with Gasteiger partial charge in [0.1, 0.15) is 0 Å². The Morgan fingerprint density at radius 2 is 2.31 bits per heavy atom. The average molecular weight is 183 g/mol. The molecule has 0 aromatic carbocycles. The molecule has 1 fully saturated rings. The van der Waals surface area contributed by atoms with Gasteiger partial charge in [0.2, 0.25) is 0 Å². The summed E-state index contributed by atoms with van der Waals surface area (Å²) in [7, 11) is 1.71. The van der Waals surface area contributed by atoms with Gasteiger partial charge in [0.05, 0.1) is 0 Å². The minimum absolute atomic E-state index is 0.473. The van der Waals surface area contributed by atoms with Gasteiger partial charge in [-0.1, -0.05) is 20.3 Å². The van der Waals surface area contributed by atoms with Gasteiger partial charge in [0, 0.05) is 13.6 Å². The van der Waals surface area contributed by atoms with Crippen molar-refractivity contribution in [2.24, 2.45) is 22.1 Å². The van der Waals surface area contributed by atoms with E-state index in [-0.39, 0.29) is 0 Å². The van der Waals surface area contributed by atoms with E-state index in [0.29, 0.717) is 11.4 Å². The summed E-state index contributed by atoms with van der Waals surface area (Å²) >= 11 is 0. The minimum Gasteiger partial charge on any atom is -0.370 e. The zero-order valence-electron chi connectivity index (χ0n) is 8.93. The molecule has 0 bridgehead atoms. The molecule has 13 heavy (non-hydrogen) atoms. The summed E-state index contributed by atoms with van der Waals surface area (Å²) in [6, 6.07) is 0. The van der Waals surface area contributed by atoms with Gasteiger partial charge in [-0.2, -0.15) is 0 Å². The van der Waals surface area contributed by atoms with Gasteiger partial charge in [0.15, 0.2) is 5.96 Å². The molecule has 76 valence electrons. The lowest BCUT2D eigenvalue weighted by Gasteiger charge is -2.27. The molecule has 0 aromatic rings. The van der Waals surface area contributed by atoms with Crippen molar-refractivity contribution >= 4 is 5.96 Å². The fourth-order valence-corrected chi connectivity index (χ4v) is 2.08. The van der Waals surface area contributed by atoms with Crippen LogP contribution in [0.25, 0.3) is 0 Å². The fourth-order valence-electron chi connectivity index (χ4n) is 2.08. The highest BCUT2D eigenvalue weighted by Crippen LogP contribution is 2.41. The predicted octanol–water partition coefficient (Wildman–Crippen LogP) is 1.35. The average Bonchev–Trinajstić information content (AvgIpc) is 2.41. The van der Waals surface area contributed by atoms with Gasteiger partial charge in [-0.25, -0.2) is 0 Å². The first-order chi connectivity index (χ1) is 6.06. The Labute approximate surface area is 80.8 Å². The van der Waals surface area contributed by atoms with E-state index in [9.17, 15) is 0 Å². The zero-order valence-corrected chi connectivity index (χ0v) is 8.93. The molecule has 0 aromatic heterocycles. The number of hydrogen-bond acceptors (Lipinski definition) is 1. The van der Waals surface area contributed by atoms with Crippen LogP contribution >= 0.6 is 0 Å². The van der Waals surface area contributed by atoms with Crippen LogP contribution in [0.1, 0.15) is 33.1 Å². The summed E-state index contributed by atoms with van der Waals surface area (Å²) in [4.78, 5) is 3.88. The van der Waals surface area contributed by atoms with Gasteiger partial charge in [0.25, 0.3) is 0 Å². The topological polar surface area (TPSA) is 50.4 Å². The fraction of sp³-hybridized carbons (Fsp3) is 0.900. The van der Waals surface area contributed by atoms with Gasteiger partial charge < -0.3 is 11.1 Å². The van der Waals surface area contributed by atoms with Crippen LogP contribution in [-0.2, 0) is 0 Å². The van der Waals surface area contributed by atoms with E-state index in [1.54, 1.807) is 7.05 Å². The van der Waals surface area contributed by atoms with E-state index < -0.39 is 0 Å². The highest BCUT2D eigenvalue weighted by Gasteiger charge is 2.33. The molecule has 1 atom stereocenters. The Bertz CT molecular complexity index is 196. The monoisotopic (exact) mass is 183 g/mol. The molecule has 1 aliphatic rings. The maximum Gasteiger partial charge on any atom is 0.188 e. The standard InChI is InChI=1S/C10H21N3/c1-10(2)6-4-5-8(10)7-13-9(11)12-3/h8H,4-7H2,1-3H3,(H3,11,12,13). The molecule has 3 nitrogen and oxygen atoms in total. The molecule has 1 saturated carbocycles. The lowest BCUT2D eigenvalue weighted by atomic mass is 9.82. The molecule has 0 heterocycles. The third-order valence-electron chi connectivity index (χ3n) is 3.25. The third kappa shape index (κ3) is 2.61. The van der Waals surface area contributed by atoms with Crippen LogP contribution in [0.4, 0.5) is 0 Å². The number of nitrogens with two attached hydrogens (primary N) is 1. The number of nitrogens with zero attached hydrogens (tertiary/aromatic N) is 1. The third-order valence-corrected chi connectivity index (χ3v) is 3.25. The lowest BCUT2D eigenvalue weighted by Crippen LogP contribution is -2.37.